The van der Waals surface area contributed by atoms with E-state index in [0.717, 1.165) is 30.1 Å². The van der Waals surface area contributed by atoms with Gasteiger partial charge in [0.15, 0.2) is 0 Å². The SMILES string of the molecule is COc1cc(OC)cc(OCCCCCl)c1. The van der Waals surface area contributed by atoms with E-state index in [1.165, 1.54) is 0 Å². The molecule has 0 spiro atoms. The summed E-state index contributed by atoms with van der Waals surface area (Å²) in [5.74, 6) is 2.88. The summed E-state index contributed by atoms with van der Waals surface area (Å²) in [4.78, 5) is 0. The molecule has 0 aliphatic carbocycles. The first-order valence-electron chi connectivity index (χ1n) is 5.22. The minimum atomic E-state index is 0.656. The molecule has 1 aromatic rings. The van der Waals surface area contributed by atoms with E-state index in [9.17, 15) is 0 Å². The minimum Gasteiger partial charge on any atom is -0.496 e. The summed E-state index contributed by atoms with van der Waals surface area (Å²) in [6.07, 6.45) is 1.91. The fraction of sp³-hybridized carbons (Fsp3) is 0.500. The molecule has 0 aliphatic rings. The number of alkyl halides is 1. The molecule has 0 atom stereocenters. The number of rotatable bonds is 7. The molecule has 0 N–H and O–H groups in total. The topological polar surface area (TPSA) is 27.7 Å². The van der Waals surface area contributed by atoms with Crippen molar-refractivity contribution < 1.29 is 14.2 Å². The first-order chi connectivity index (χ1) is 7.80. The van der Waals surface area contributed by atoms with Crippen LogP contribution in [0.1, 0.15) is 12.8 Å². The standard InChI is InChI=1S/C12H17ClO3/c1-14-10-7-11(15-2)9-12(8-10)16-6-4-3-5-13/h7-9H,3-6H2,1-2H3. The molecule has 0 amide bonds. The molecule has 0 saturated carbocycles. The van der Waals surface area contributed by atoms with Crippen molar-refractivity contribution in [3.05, 3.63) is 18.2 Å². The van der Waals surface area contributed by atoms with E-state index in [-0.39, 0.29) is 0 Å². The van der Waals surface area contributed by atoms with Gasteiger partial charge in [0.25, 0.3) is 0 Å². The molecular weight excluding hydrogens is 228 g/mol. The van der Waals surface area contributed by atoms with Crippen molar-refractivity contribution in [1.82, 2.24) is 0 Å². The molecule has 4 heteroatoms. The van der Waals surface area contributed by atoms with Crippen molar-refractivity contribution in [3.8, 4) is 17.2 Å². The van der Waals surface area contributed by atoms with Crippen molar-refractivity contribution >= 4 is 11.6 Å². The van der Waals surface area contributed by atoms with E-state index >= 15 is 0 Å². The van der Waals surface area contributed by atoms with E-state index in [4.69, 9.17) is 25.8 Å². The van der Waals surface area contributed by atoms with Gasteiger partial charge in [-0.25, -0.2) is 0 Å². The highest BCUT2D eigenvalue weighted by molar-refractivity contribution is 6.17. The highest BCUT2D eigenvalue weighted by Crippen LogP contribution is 2.27. The van der Waals surface area contributed by atoms with E-state index in [1.807, 2.05) is 18.2 Å². The zero-order chi connectivity index (χ0) is 11.8. The Bertz CT molecular complexity index is 293. The van der Waals surface area contributed by atoms with Crippen molar-refractivity contribution in [2.75, 3.05) is 26.7 Å². The van der Waals surface area contributed by atoms with Crippen LogP contribution in [0.15, 0.2) is 18.2 Å². The Balaban J connectivity index is 2.57. The van der Waals surface area contributed by atoms with Crippen LogP contribution >= 0.6 is 11.6 Å². The summed E-state index contributed by atoms with van der Waals surface area (Å²) in [5.41, 5.74) is 0. The fourth-order valence-electron chi connectivity index (χ4n) is 1.25. The Morgan fingerprint density at radius 3 is 2.00 bits per heavy atom. The van der Waals surface area contributed by atoms with Gasteiger partial charge < -0.3 is 14.2 Å². The number of unbranched alkanes of at least 4 members (excludes halogenated alkanes) is 1. The molecule has 0 aliphatic heterocycles. The summed E-state index contributed by atoms with van der Waals surface area (Å²) in [5, 5.41) is 0. The summed E-state index contributed by atoms with van der Waals surface area (Å²) < 4.78 is 15.9. The predicted molar refractivity (Wildman–Crippen MR) is 65.0 cm³/mol. The van der Waals surface area contributed by atoms with Gasteiger partial charge in [0.05, 0.1) is 20.8 Å². The number of benzene rings is 1. The van der Waals surface area contributed by atoms with Crippen molar-refractivity contribution in [1.29, 1.82) is 0 Å². The summed E-state index contributed by atoms with van der Waals surface area (Å²) >= 11 is 5.58. The van der Waals surface area contributed by atoms with Crippen LogP contribution in [0, 0.1) is 0 Å². The highest BCUT2D eigenvalue weighted by Gasteiger charge is 2.02. The lowest BCUT2D eigenvalue weighted by molar-refractivity contribution is 0.304. The molecule has 3 nitrogen and oxygen atoms in total. The lowest BCUT2D eigenvalue weighted by atomic mass is 10.3. The summed E-state index contributed by atoms with van der Waals surface area (Å²) in [7, 11) is 3.23. The average molecular weight is 245 g/mol. The molecule has 0 aromatic heterocycles. The molecule has 0 radical (unpaired) electrons. The number of ether oxygens (including phenoxy) is 3. The van der Waals surface area contributed by atoms with Gasteiger partial charge in [-0.2, -0.15) is 0 Å². The molecule has 16 heavy (non-hydrogen) atoms. The number of hydrogen-bond acceptors (Lipinski definition) is 3. The maximum atomic E-state index is 5.58. The van der Waals surface area contributed by atoms with E-state index in [1.54, 1.807) is 14.2 Å². The first kappa shape index (κ1) is 13.0. The second-order valence-corrected chi connectivity index (χ2v) is 3.67. The van der Waals surface area contributed by atoms with Crippen LogP contribution in [0.25, 0.3) is 0 Å². The lowest BCUT2D eigenvalue weighted by Gasteiger charge is -2.09. The van der Waals surface area contributed by atoms with E-state index in [0.29, 0.717) is 12.5 Å². The molecule has 0 fully saturated rings. The van der Waals surface area contributed by atoms with Crippen LogP contribution in [0.4, 0.5) is 0 Å². The molecule has 0 bridgehead atoms. The smallest absolute Gasteiger partial charge is 0.126 e. The third-order valence-corrected chi connectivity index (χ3v) is 2.39. The fourth-order valence-corrected chi connectivity index (χ4v) is 1.44. The summed E-state index contributed by atoms with van der Waals surface area (Å²) in [6, 6.07) is 5.48. The molecule has 90 valence electrons. The van der Waals surface area contributed by atoms with Gasteiger partial charge in [0.1, 0.15) is 17.2 Å². The Hall–Kier alpha value is -1.09. The highest BCUT2D eigenvalue weighted by atomic mass is 35.5. The van der Waals surface area contributed by atoms with Crippen molar-refractivity contribution in [2.24, 2.45) is 0 Å². The average Bonchev–Trinajstić information content (AvgIpc) is 2.34. The zero-order valence-electron chi connectivity index (χ0n) is 9.66. The van der Waals surface area contributed by atoms with Crippen LogP contribution in [0.5, 0.6) is 17.2 Å². The third kappa shape index (κ3) is 4.19. The van der Waals surface area contributed by atoms with Crippen molar-refractivity contribution in [2.45, 2.75) is 12.8 Å². The normalized spacial score (nSPS) is 9.94. The van der Waals surface area contributed by atoms with Crippen LogP contribution in [0.2, 0.25) is 0 Å². The van der Waals surface area contributed by atoms with Gasteiger partial charge in [-0.05, 0) is 12.8 Å². The van der Waals surface area contributed by atoms with Gasteiger partial charge in [-0.1, -0.05) is 0 Å². The molecule has 0 saturated heterocycles. The molecule has 1 rings (SSSR count). The maximum Gasteiger partial charge on any atom is 0.126 e. The minimum absolute atomic E-state index is 0.656. The van der Waals surface area contributed by atoms with Gasteiger partial charge in [-0.3, -0.25) is 0 Å². The van der Waals surface area contributed by atoms with Gasteiger partial charge in [0, 0.05) is 24.1 Å². The number of halogens is 1. The monoisotopic (exact) mass is 244 g/mol. The Kier molecular flexibility index (Phi) is 5.86. The van der Waals surface area contributed by atoms with E-state index in [2.05, 4.69) is 0 Å². The van der Waals surface area contributed by atoms with Crippen LogP contribution in [0.3, 0.4) is 0 Å². The van der Waals surface area contributed by atoms with Crippen LogP contribution < -0.4 is 14.2 Å². The molecular formula is C12H17ClO3. The van der Waals surface area contributed by atoms with Crippen LogP contribution in [-0.4, -0.2) is 26.7 Å². The molecule has 0 unspecified atom stereocenters. The Morgan fingerprint density at radius 1 is 0.938 bits per heavy atom. The second kappa shape index (κ2) is 7.23. The number of methoxy groups -OCH3 is 2. The van der Waals surface area contributed by atoms with Gasteiger partial charge >= 0.3 is 0 Å². The van der Waals surface area contributed by atoms with Gasteiger partial charge in [0.2, 0.25) is 0 Å². The van der Waals surface area contributed by atoms with Gasteiger partial charge in [-0.15, -0.1) is 11.6 Å². The zero-order valence-corrected chi connectivity index (χ0v) is 10.4. The molecule has 1 aromatic carbocycles. The lowest BCUT2D eigenvalue weighted by Crippen LogP contribution is -1.98. The third-order valence-electron chi connectivity index (χ3n) is 2.12. The summed E-state index contributed by atoms with van der Waals surface area (Å²) in [6.45, 7) is 0.656. The first-order valence-corrected chi connectivity index (χ1v) is 5.75. The van der Waals surface area contributed by atoms with Crippen LogP contribution in [-0.2, 0) is 0 Å². The molecule has 0 heterocycles. The maximum absolute atomic E-state index is 5.58. The predicted octanol–water partition coefficient (Wildman–Crippen LogP) is 3.10. The Labute approximate surface area is 101 Å². The second-order valence-electron chi connectivity index (χ2n) is 3.29. The van der Waals surface area contributed by atoms with E-state index < -0.39 is 0 Å². The number of hydrogen-bond donors (Lipinski definition) is 0. The largest absolute Gasteiger partial charge is 0.496 e. The Morgan fingerprint density at radius 2 is 1.50 bits per heavy atom. The van der Waals surface area contributed by atoms with Crippen molar-refractivity contribution in [3.63, 3.8) is 0 Å². The quantitative estimate of drug-likeness (QED) is 0.545.